The van der Waals surface area contributed by atoms with Crippen molar-refractivity contribution in [3.8, 4) is 11.1 Å². The van der Waals surface area contributed by atoms with E-state index in [1.54, 1.807) is 7.11 Å². The first-order valence-corrected chi connectivity index (χ1v) is 7.52. The Labute approximate surface area is 139 Å². The van der Waals surface area contributed by atoms with E-state index >= 15 is 0 Å². The quantitative estimate of drug-likeness (QED) is 0.750. The number of amides is 1. The van der Waals surface area contributed by atoms with Crippen molar-refractivity contribution in [3.05, 3.63) is 54.1 Å². The monoisotopic (exact) mass is 335 g/mol. The smallest absolute Gasteiger partial charge is 0.226 e. The molecule has 0 saturated carbocycles. The Kier molecular flexibility index (Phi) is 6.84. The zero-order valence-electron chi connectivity index (χ0n) is 13.4. The molecule has 0 aliphatic carbocycles. The van der Waals surface area contributed by atoms with Crippen molar-refractivity contribution in [2.45, 2.75) is 6.42 Å². The minimum atomic E-state index is -0.435. The van der Waals surface area contributed by atoms with Crippen molar-refractivity contribution < 1.29 is 23.0 Å². The fraction of sp³-hybridized carbons (Fsp3) is 0.278. The predicted octanol–water partition coefficient (Wildman–Crippen LogP) is 3.62. The zero-order chi connectivity index (χ0) is 17.4. The molecule has 0 aromatic heterocycles. The van der Waals surface area contributed by atoms with Gasteiger partial charge in [-0.1, -0.05) is 12.1 Å². The van der Waals surface area contributed by atoms with Gasteiger partial charge in [-0.3, -0.25) is 4.79 Å². The topological polar surface area (TPSA) is 47.6 Å². The summed E-state index contributed by atoms with van der Waals surface area (Å²) < 4.78 is 36.7. The number of hydrogen-bond donors (Lipinski definition) is 1. The van der Waals surface area contributed by atoms with Gasteiger partial charge in [-0.15, -0.1) is 0 Å². The number of nitrogens with one attached hydrogen (secondary N) is 1. The van der Waals surface area contributed by atoms with Crippen molar-refractivity contribution in [2.75, 3.05) is 32.2 Å². The molecule has 0 bridgehead atoms. The van der Waals surface area contributed by atoms with E-state index in [4.69, 9.17) is 9.47 Å². The molecule has 128 valence electrons. The molecule has 2 aromatic carbocycles. The molecule has 0 unspecified atom stereocenters. The highest BCUT2D eigenvalue weighted by atomic mass is 19.1. The van der Waals surface area contributed by atoms with Gasteiger partial charge in [0.25, 0.3) is 0 Å². The van der Waals surface area contributed by atoms with E-state index in [9.17, 15) is 13.6 Å². The van der Waals surface area contributed by atoms with E-state index in [1.165, 1.54) is 42.5 Å². The molecule has 1 amide bonds. The second-order valence-electron chi connectivity index (χ2n) is 5.10. The Balaban J connectivity index is 2.04. The molecule has 0 saturated heterocycles. The summed E-state index contributed by atoms with van der Waals surface area (Å²) in [7, 11) is 1.57. The van der Waals surface area contributed by atoms with Crippen LogP contribution >= 0.6 is 0 Å². The normalized spacial score (nSPS) is 10.6. The number of benzene rings is 2. The summed E-state index contributed by atoms with van der Waals surface area (Å²) in [5.74, 6) is -1.06. The van der Waals surface area contributed by atoms with Crippen LogP contribution in [-0.4, -0.2) is 32.8 Å². The molecule has 0 radical (unpaired) electrons. The molecular weight excluding hydrogens is 316 g/mol. The highest BCUT2D eigenvalue weighted by Gasteiger charge is 2.10. The van der Waals surface area contributed by atoms with Crippen LogP contribution in [0.2, 0.25) is 0 Å². The van der Waals surface area contributed by atoms with Gasteiger partial charge in [0.1, 0.15) is 11.6 Å². The third kappa shape index (κ3) is 5.40. The maximum atomic E-state index is 13.6. The van der Waals surface area contributed by atoms with E-state index in [0.29, 0.717) is 30.0 Å². The molecule has 0 aliphatic rings. The van der Waals surface area contributed by atoms with Crippen LogP contribution < -0.4 is 5.32 Å². The number of rotatable bonds is 8. The minimum Gasteiger partial charge on any atom is -0.382 e. The number of methoxy groups -OCH3 is 1. The van der Waals surface area contributed by atoms with Gasteiger partial charge in [0.05, 0.1) is 26.2 Å². The van der Waals surface area contributed by atoms with Crippen LogP contribution in [0.15, 0.2) is 42.5 Å². The second kappa shape index (κ2) is 9.10. The average molecular weight is 335 g/mol. The van der Waals surface area contributed by atoms with Gasteiger partial charge in [-0.25, -0.2) is 8.78 Å². The summed E-state index contributed by atoms with van der Waals surface area (Å²) in [5, 5.41) is 2.73. The Morgan fingerprint density at radius 1 is 1.00 bits per heavy atom. The molecule has 6 heteroatoms. The Morgan fingerprint density at radius 3 is 2.42 bits per heavy atom. The van der Waals surface area contributed by atoms with Crippen molar-refractivity contribution in [1.29, 1.82) is 0 Å². The van der Waals surface area contributed by atoms with Gasteiger partial charge in [0.15, 0.2) is 0 Å². The number of carbonyl (C=O) groups is 1. The van der Waals surface area contributed by atoms with E-state index < -0.39 is 5.82 Å². The number of anilines is 1. The fourth-order valence-corrected chi connectivity index (χ4v) is 2.12. The molecular formula is C18H19F2NO3. The Morgan fingerprint density at radius 2 is 1.71 bits per heavy atom. The van der Waals surface area contributed by atoms with Gasteiger partial charge in [0.2, 0.25) is 5.91 Å². The van der Waals surface area contributed by atoms with Crippen LogP contribution in [0.4, 0.5) is 14.5 Å². The molecule has 2 rings (SSSR count). The molecule has 1 N–H and O–H groups in total. The maximum absolute atomic E-state index is 13.6. The van der Waals surface area contributed by atoms with Crippen molar-refractivity contribution in [1.82, 2.24) is 0 Å². The van der Waals surface area contributed by atoms with Crippen molar-refractivity contribution >= 4 is 11.6 Å². The Hall–Kier alpha value is -2.31. The van der Waals surface area contributed by atoms with E-state index in [1.807, 2.05) is 0 Å². The van der Waals surface area contributed by atoms with Gasteiger partial charge in [0, 0.05) is 18.4 Å². The highest BCUT2D eigenvalue weighted by Crippen LogP contribution is 2.29. The lowest BCUT2D eigenvalue weighted by Gasteiger charge is -2.12. The molecule has 2 aromatic rings. The van der Waals surface area contributed by atoms with Crippen molar-refractivity contribution in [2.24, 2.45) is 0 Å². The average Bonchev–Trinajstić information content (AvgIpc) is 2.57. The highest BCUT2D eigenvalue weighted by molar-refractivity contribution is 5.95. The molecule has 0 spiro atoms. The summed E-state index contributed by atoms with van der Waals surface area (Å²) in [6, 6.07) is 9.69. The van der Waals surface area contributed by atoms with Crippen molar-refractivity contribution in [3.63, 3.8) is 0 Å². The molecule has 24 heavy (non-hydrogen) atoms. The predicted molar refractivity (Wildman–Crippen MR) is 87.7 cm³/mol. The molecule has 0 aliphatic heterocycles. The van der Waals surface area contributed by atoms with Gasteiger partial charge in [-0.05, 0) is 35.9 Å². The lowest BCUT2D eigenvalue weighted by molar-refractivity contribution is -0.117. The number of hydrogen-bond acceptors (Lipinski definition) is 3. The largest absolute Gasteiger partial charge is 0.382 e. The zero-order valence-corrected chi connectivity index (χ0v) is 13.4. The molecule has 4 nitrogen and oxygen atoms in total. The van der Waals surface area contributed by atoms with E-state index in [2.05, 4.69) is 5.32 Å². The van der Waals surface area contributed by atoms with E-state index in [0.717, 1.165) is 0 Å². The molecule has 0 atom stereocenters. The van der Waals surface area contributed by atoms with Crippen LogP contribution in [0, 0.1) is 11.6 Å². The summed E-state index contributed by atoms with van der Waals surface area (Å²) in [6.45, 7) is 1.15. The first-order valence-electron chi connectivity index (χ1n) is 7.52. The summed E-state index contributed by atoms with van der Waals surface area (Å²) in [4.78, 5) is 12.0. The lowest BCUT2D eigenvalue weighted by Crippen LogP contribution is -2.15. The standard InChI is InChI=1S/C18H19F2NO3/c1-23-10-11-24-9-8-18(22)21-17-7-6-15(20)12-16(17)13-2-4-14(19)5-3-13/h2-7,12H,8-11H2,1H3,(H,21,22). The maximum Gasteiger partial charge on any atom is 0.226 e. The van der Waals surface area contributed by atoms with E-state index in [-0.39, 0.29) is 24.8 Å². The fourth-order valence-electron chi connectivity index (χ4n) is 2.12. The second-order valence-corrected chi connectivity index (χ2v) is 5.10. The van der Waals surface area contributed by atoms with Crippen LogP contribution in [0.5, 0.6) is 0 Å². The van der Waals surface area contributed by atoms with Crippen LogP contribution in [0.3, 0.4) is 0 Å². The number of carbonyl (C=O) groups excluding carboxylic acids is 1. The van der Waals surface area contributed by atoms with Gasteiger partial charge < -0.3 is 14.8 Å². The van der Waals surface area contributed by atoms with Crippen LogP contribution in [-0.2, 0) is 14.3 Å². The Bertz CT molecular complexity index is 674. The molecule has 0 heterocycles. The molecule has 0 fully saturated rings. The summed E-state index contributed by atoms with van der Waals surface area (Å²) >= 11 is 0. The SMILES string of the molecule is COCCOCCC(=O)Nc1ccc(F)cc1-c1ccc(F)cc1. The van der Waals surface area contributed by atoms with Crippen LogP contribution in [0.25, 0.3) is 11.1 Å². The van der Waals surface area contributed by atoms with Crippen LogP contribution in [0.1, 0.15) is 6.42 Å². The minimum absolute atomic E-state index is 0.171. The van der Waals surface area contributed by atoms with Gasteiger partial charge in [-0.2, -0.15) is 0 Å². The first-order chi connectivity index (χ1) is 11.6. The third-order valence-electron chi connectivity index (χ3n) is 3.32. The first kappa shape index (κ1) is 18.0. The summed E-state index contributed by atoms with van der Waals surface area (Å²) in [6.07, 6.45) is 0.171. The lowest BCUT2D eigenvalue weighted by atomic mass is 10.0. The number of ether oxygens (including phenoxy) is 2. The van der Waals surface area contributed by atoms with Gasteiger partial charge >= 0.3 is 0 Å². The third-order valence-corrected chi connectivity index (χ3v) is 3.32. The summed E-state index contributed by atoms with van der Waals surface area (Å²) in [5.41, 5.74) is 1.57. The number of halogens is 2.